The molecular weight excluding hydrogens is 246 g/mol. The zero-order valence-corrected chi connectivity index (χ0v) is 11.7. The molecule has 98 valence electrons. The highest BCUT2D eigenvalue weighted by Crippen LogP contribution is 2.22. The van der Waals surface area contributed by atoms with Crippen LogP contribution >= 0.6 is 0 Å². The van der Waals surface area contributed by atoms with Gasteiger partial charge in [0, 0.05) is 0 Å². The molecule has 1 aromatic carbocycles. The lowest BCUT2D eigenvalue weighted by molar-refractivity contribution is 0.431. The minimum absolute atomic E-state index is 0.151. The Morgan fingerprint density at radius 2 is 1.78 bits per heavy atom. The summed E-state index contributed by atoms with van der Waals surface area (Å²) in [5.74, 6) is 0.151. The van der Waals surface area contributed by atoms with E-state index in [4.69, 9.17) is 5.26 Å². The van der Waals surface area contributed by atoms with Crippen LogP contribution < -0.4 is 0 Å². The lowest BCUT2D eigenvalue weighted by Crippen LogP contribution is -2.10. The Morgan fingerprint density at radius 1 is 1.17 bits per heavy atom. The molecule has 0 radical (unpaired) electrons. The van der Waals surface area contributed by atoms with Crippen molar-refractivity contribution in [1.82, 2.24) is 0 Å². The van der Waals surface area contributed by atoms with Gasteiger partial charge in [-0.1, -0.05) is 24.6 Å². The third-order valence-electron chi connectivity index (χ3n) is 2.87. The van der Waals surface area contributed by atoms with Gasteiger partial charge in [0.05, 0.1) is 22.1 Å². The highest BCUT2D eigenvalue weighted by molar-refractivity contribution is 7.91. The molecule has 0 aliphatic heterocycles. The fourth-order valence-corrected chi connectivity index (χ4v) is 3.05. The van der Waals surface area contributed by atoms with Crippen LogP contribution in [0.4, 0.5) is 0 Å². The Labute approximate surface area is 109 Å². The van der Waals surface area contributed by atoms with E-state index >= 15 is 0 Å². The summed E-state index contributed by atoms with van der Waals surface area (Å²) >= 11 is 0. The van der Waals surface area contributed by atoms with Crippen LogP contribution in [0.5, 0.6) is 0 Å². The van der Waals surface area contributed by atoms with Gasteiger partial charge < -0.3 is 0 Å². The molecule has 0 aromatic heterocycles. The van der Waals surface area contributed by atoms with E-state index in [0.29, 0.717) is 11.3 Å². The van der Waals surface area contributed by atoms with E-state index in [0.717, 1.165) is 12.8 Å². The molecule has 3 nitrogen and oxygen atoms in total. The third kappa shape index (κ3) is 4.50. The van der Waals surface area contributed by atoms with Gasteiger partial charge in [0.2, 0.25) is 0 Å². The molecular formula is C14H19NO2S. The molecule has 0 amide bonds. The molecule has 18 heavy (non-hydrogen) atoms. The lowest BCUT2D eigenvalue weighted by atomic mass is 9.89. The van der Waals surface area contributed by atoms with Crippen molar-refractivity contribution in [2.45, 2.75) is 38.0 Å². The van der Waals surface area contributed by atoms with E-state index in [1.165, 1.54) is 0 Å². The average molecular weight is 265 g/mol. The van der Waals surface area contributed by atoms with Crippen LogP contribution in [0, 0.1) is 16.7 Å². The predicted octanol–water partition coefficient (Wildman–Crippen LogP) is 3.18. The molecule has 0 unspecified atom stereocenters. The fraction of sp³-hybridized carbons (Fsp3) is 0.500. The van der Waals surface area contributed by atoms with Crippen molar-refractivity contribution < 1.29 is 8.42 Å². The summed E-state index contributed by atoms with van der Waals surface area (Å²) in [5.41, 5.74) is -0.365. The van der Waals surface area contributed by atoms with Gasteiger partial charge in [0.15, 0.2) is 9.84 Å². The van der Waals surface area contributed by atoms with Crippen molar-refractivity contribution in [1.29, 1.82) is 5.26 Å². The molecule has 0 N–H and O–H groups in total. The number of rotatable bonds is 6. The van der Waals surface area contributed by atoms with E-state index in [-0.39, 0.29) is 11.2 Å². The second-order valence-electron chi connectivity index (χ2n) is 5.08. The zero-order chi connectivity index (χ0) is 13.6. The Hall–Kier alpha value is -1.34. The van der Waals surface area contributed by atoms with Crippen molar-refractivity contribution in [2.24, 2.45) is 5.41 Å². The van der Waals surface area contributed by atoms with Crippen molar-refractivity contribution in [3.63, 3.8) is 0 Å². The van der Waals surface area contributed by atoms with Crippen LogP contribution in [0.15, 0.2) is 35.2 Å². The van der Waals surface area contributed by atoms with E-state index < -0.39 is 9.84 Å². The van der Waals surface area contributed by atoms with E-state index in [2.05, 4.69) is 6.07 Å². The SMILES string of the molecule is CC(C)(C#N)CCCCS(=O)(=O)c1ccccc1. The van der Waals surface area contributed by atoms with Crippen LogP contribution in [-0.4, -0.2) is 14.2 Å². The quantitative estimate of drug-likeness (QED) is 0.742. The summed E-state index contributed by atoms with van der Waals surface area (Å²) in [6.07, 6.45) is 2.09. The standard InChI is InChI=1S/C14H19NO2S/c1-14(2,12-15)10-6-7-11-18(16,17)13-8-4-3-5-9-13/h3-5,8-9H,6-7,10-11H2,1-2H3. The van der Waals surface area contributed by atoms with E-state index in [1.807, 2.05) is 13.8 Å². The molecule has 0 aliphatic rings. The van der Waals surface area contributed by atoms with Crippen LogP contribution in [0.3, 0.4) is 0 Å². The largest absolute Gasteiger partial charge is 0.224 e. The Kier molecular flexibility index (Phi) is 4.92. The molecule has 0 saturated heterocycles. The zero-order valence-electron chi connectivity index (χ0n) is 10.9. The maximum absolute atomic E-state index is 12.0. The number of nitrogens with zero attached hydrogens (tertiary/aromatic N) is 1. The number of sulfone groups is 1. The minimum Gasteiger partial charge on any atom is -0.224 e. The lowest BCUT2D eigenvalue weighted by Gasteiger charge is -2.14. The third-order valence-corrected chi connectivity index (χ3v) is 4.69. The minimum atomic E-state index is -3.17. The van der Waals surface area contributed by atoms with Gasteiger partial charge >= 0.3 is 0 Å². The first kappa shape index (κ1) is 14.7. The van der Waals surface area contributed by atoms with Gasteiger partial charge in [-0.3, -0.25) is 0 Å². The normalized spacial score (nSPS) is 12.1. The highest BCUT2D eigenvalue weighted by Gasteiger charge is 2.17. The molecule has 0 bridgehead atoms. The summed E-state index contributed by atoms with van der Waals surface area (Å²) < 4.78 is 23.9. The smallest absolute Gasteiger partial charge is 0.178 e. The molecule has 1 aromatic rings. The molecule has 1 rings (SSSR count). The Bertz CT molecular complexity index is 512. The van der Waals surface area contributed by atoms with Gasteiger partial charge in [-0.05, 0) is 38.8 Å². The molecule has 4 heteroatoms. The summed E-state index contributed by atoms with van der Waals surface area (Å²) in [7, 11) is -3.17. The summed E-state index contributed by atoms with van der Waals surface area (Å²) in [6.45, 7) is 3.75. The summed E-state index contributed by atoms with van der Waals surface area (Å²) in [6, 6.07) is 10.7. The van der Waals surface area contributed by atoms with Crippen LogP contribution in [0.2, 0.25) is 0 Å². The van der Waals surface area contributed by atoms with E-state index in [9.17, 15) is 8.42 Å². The highest BCUT2D eigenvalue weighted by atomic mass is 32.2. The van der Waals surface area contributed by atoms with Crippen LogP contribution in [0.25, 0.3) is 0 Å². The van der Waals surface area contributed by atoms with Crippen molar-refractivity contribution in [3.8, 4) is 6.07 Å². The number of hydrogen-bond acceptors (Lipinski definition) is 3. The first-order valence-electron chi connectivity index (χ1n) is 6.06. The predicted molar refractivity (Wildman–Crippen MR) is 71.7 cm³/mol. The van der Waals surface area contributed by atoms with Crippen LogP contribution in [-0.2, 0) is 9.84 Å². The Balaban J connectivity index is 2.48. The number of unbranched alkanes of at least 4 members (excludes halogenated alkanes) is 1. The number of nitriles is 1. The van der Waals surface area contributed by atoms with Gasteiger partial charge in [-0.15, -0.1) is 0 Å². The molecule has 0 fully saturated rings. The average Bonchev–Trinajstić information content (AvgIpc) is 2.36. The molecule has 0 aliphatic carbocycles. The van der Waals surface area contributed by atoms with Crippen molar-refractivity contribution in [3.05, 3.63) is 30.3 Å². The Morgan fingerprint density at radius 3 is 2.33 bits per heavy atom. The summed E-state index contributed by atoms with van der Waals surface area (Å²) in [4.78, 5) is 0.379. The second kappa shape index (κ2) is 6.01. The number of hydrogen-bond donors (Lipinski definition) is 0. The first-order chi connectivity index (χ1) is 8.37. The van der Waals surface area contributed by atoms with Gasteiger partial charge in [-0.2, -0.15) is 5.26 Å². The van der Waals surface area contributed by atoms with E-state index in [1.54, 1.807) is 30.3 Å². The molecule has 0 heterocycles. The maximum atomic E-state index is 12.0. The molecule has 0 atom stereocenters. The molecule has 0 saturated carbocycles. The van der Waals surface area contributed by atoms with Crippen molar-refractivity contribution in [2.75, 3.05) is 5.75 Å². The topological polar surface area (TPSA) is 57.9 Å². The van der Waals surface area contributed by atoms with Crippen LogP contribution in [0.1, 0.15) is 33.1 Å². The van der Waals surface area contributed by atoms with Gasteiger partial charge in [-0.25, -0.2) is 8.42 Å². The van der Waals surface area contributed by atoms with Crippen molar-refractivity contribution >= 4 is 9.84 Å². The monoisotopic (exact) mass is 265 g/mol. The molecule has 0 spiro atoms. The fourth-order valence-electron chi connectivity index (χ4n) is 1.66. The second-order valence-corrected chi connectivity index (χ2v) is 7.19. The first-order valence-corrected chi connectivity index (χ1v) is 7.72. The van der Waals surface area contributed by atoms with Gasteiger partial charge in [0.25, 0.3) is 0 Å². The number of benzene rings is 1. The summed E-state index contributed by atoms with van der Waals surface area (Å²) in [5, 5.41) is 8.86. The van der Waals surface area contributed by atoms with Gasteiger partial charge in [0.1, 0.15) is 0 Å². The maximum Gasteiger partial charge on any atom is 0.178 e.